The van der Waals surface area contributed by atoms with Crippen molar-refractivity contribution in [1.82, 2.24) is 9.55 Å². The van der Waals surface area contributed by atoms with Gasteiger partial charge in [-0.05, 0) is 37.0 Å². The molecule has 2 aromatic rings. The summed E-state index contributed by atoms with van der Waals surface area (Å²) in [6.07, 6.45) is 2.23. The fourth-order valence-corrected chi connectivity index (χ4v) is 2.55. The van der Waals surface area contributed by atoms with E-state index in [1.807, 2.05) is 4.57 Å². The SMILES string of the molecule is CC(C)Cn1c(C2CC2)nc(-c2ccc(F)c(F)c2)c1N. The van der Waals surface area contributed by atoms with Gasteiger partial charge in [0.05, 0.1) is 0 Å². The molecule has 0 spiro atoms. The number of imidazole rings is 1. The van der Waals surface area contributed by atoms with Crippen molar-refractivity contribution in [3.05, 3.63) is 35.7 Å². The molecule has 1 fully saturated rings. The third kappa shape index (κ3) is 2.64. The van der Waals surface area contributed by atoms with Crippen LogP contribution in [-0.2, 0) is 6.54 Å². The van der Waals surface area contributed by atoms with Gasteiger partial charge in [0.25, 0.3) is 0 Å². The van der Waals surface area contributed by atoms with Crippen molar-refractivity contribution in [1.29, 1.82) is 0 Å². The van der Waals surface area contributed by atoms with E-state index in [2.05, 4.69) is 18.8 Å². The minimum atomic E-state index is -0.877. The first-order valence-corrected chi connectivity index (χ1v) is 7.28. The molecule has 0 saturated heterocycles. The van der Waals surface area contributed by atoms with Crippen LogP contribution in [-0.4, -0.2) is 9.55 Å². The third-order valence-electron chi connectivity index (χ3n) is 3.72. The second kappa shape index (κ2) is 5.13. The quantitative estimate of drug-likeness (QED) is 0.927. The summed E-state index contributed by atoms with van der Waals surface area (Å²) in [5, 5.41) is 0. The van der Waals surface area contributed by atoms with Gasteiger partial charge in [-0.2, -0.15) is 0 Å². The standard InChI is InChI=1S/C16H19F2N3/c1-9(2)8-21-15(19)14(20-16(21)10-3-4-10)11-5-6-12(17)13(18)7-11/h5-7,9-10H,3-4,8,19H2,1-2H3. The molecule has 0 amide bonds. The number of anilines is 1. The van der Waals surface area contributed by atoms with E-state index in [0.29, 0.717) is 28.9 Å². The molecule has 0 aliphatic heterocycles. The fraction of sp³-hybridized carbons (Fsp3) is 0.438. The van der Waals surface area contributed by atoms with Crippen LogP contribution in [0.25, 0.3) is 11.3 Å². The van der Waals surface area contributed by atoms with E-state index in [4.69, 9.17) is 5.73 Å². The van der Waals surface area contributed by atoms with Crippen molar-refractivity contribution < 1.29 is 8.78 Å². The van der Waals surface area contributed by atoms with Crippen LogP contribution in [0.2, 0.25) is 0 Å². The molecule has 1 heterocycles. The van der Waals surface area contributed by atoms with E-state index in [9.17, 15) is 8.78 Å². The Bertz CT molecular complexity index is 672. The average molecular weight is 291 g/mol. The maximum Gasteiger partial charge on any atom is 0.159 e. The second-order valence-corrected chi connectivity index (χ2v) is 6.11. The molecule has 21 heavy (non-hydrogen) atoms. The first-order chi connectivity index (χ1) is 9.97. The Labute approximate surface area is 122 Å². The Morgan fingerprint density at radius 2 is 2.00 bits per heavy atom. The van der Waals surface area contributed by atoms with Gasteiger partial charge in [-0.1, -0.05) is 13.8 Å². The molecule has 2 N–H and O–H groups in total. The molecule has 1 saturated carbocycles. The predicted molar refractivity (Wildman–Crippen MR) is 78.8 cm³/mol. The van der Waals surface area contributed by atoms with Crippen molar-refractivity contribution in [3.63, 3.8) is 0 Å². The topological polar surface area (TPSA) is 43.8 Å². The van der Waals surface area contributed by atoms with E-state index in [0.717, 1.165) is 37.3 Å². The molecule has 3 nitrogen and oxygen atoms in total. The Morgan fingerprint density at radius 1 is 1.29 bits per heavy atom. The van der Waals surface area contributed by atoms with E-state index in [1.165, 1.54) is 6.07 Å². The maximum absolute atomic E-state index is 13.4. The lowest BCUT2D eigenvalue weighted by atomic mass is 10.1. The maximum atomic E-state index is 13.4. The number of hydrogen-bond donors (Lipinski definition) is 1. The summed E-state index contributed by atoms with van der Waals surface area (Å²) in [7, 11) is 0. The molecular weight excluding hydrogens is 272 g/mol. The number of aromatic nitrogens is 2. The Balaban J connectivity index is 2.07. The Morgan fingerprint density at radius 3 is 2.57 bits per heavy atom. The molecule has 1 aliphatic rings. The summed E-state index contributed by atoms with van der Waals surface area (Å²) in [5.74, 6) is 0.666. The minimum absolute atomic E-state index is 0.441. The number of rotatable bonds is 4. The number of hydrogen-bond acceptors (Lipinski definition) is 2. The van der Waals surface area contributed by atoms with Crippen LogP contribution in [0.15, 0.2) is 18.2 Å². The number of halogens is 2. The summed E-state index contributed by atoms with van der Waals surface area (Å²) in [6.45, 7) is 5.02. The van der Waals surface area contributed by atoms with E-state index in [1.54, 1.807) is 0 Å². The molecule has 0 bridgehead atoms. The monoisotopic (exact) mass is 291 g/mol. The molecule has 0 atom stereocenters. The predicted octanol–water partition coefficient (Wildman–Crippen LogP) is 3.94. The number of benzene rings is 1. The largest absolute Gasteiger partial charge is 0.383 e. The van der Waals surface area contributed by atoms with Crippen molar-refractivity contribution in [2.24, 2.45) is 5.92 Å². The normalized spacial score (nSPS) is 14.9. The lowest BCUT2D eigenvalue weighted by Crippen LogP contribution is -2.10. The zero-order chi connectivity index (χ0) is 15.1. The minimum Gasteiger partial charge on any atom is -0.383 e. The van der Waals surface area contributed by atoms with Gasteiger partial charge < -0.3 is 10.3 Å². The van der Waals surface area contributed by atoms with E-state index >= 15 is 0 Å². The van der Waals surface area contributed by atoms with Crippen molar-refractivity contribution >= 4 is 5.82 Å². The van der Waals surface area contributed by atoms with E-state index < -0.39 is 11.6 Å². The third-order valence-corrected chi connectivity index (χ3v) is 3.72. The molecule has 1 aromatic carbocycles. The van der Waals surface area contributed by atoms with Gasteiger partial charge >= 0.3 is 0 Å². The smallest absolute Gasteiger partial charge is 0.159 e. The van der Waals surface area contributed by atoms with Crippen molar-refractivity contribution in [3.8, 4) is 11.3 Å². The van der Waals surface area contributed by atoms with Crippen LogP contribution >= 0.6 is 0 Å². The van der Waals surface area contributed by atoms with Crippen molar-refractivity contribution in [2.75, 3.05) is 5.73 Å². The fourth-order valence-electron chi connectivity index (χ4n) is 2.55. The molecule has 1 aliphatic carbocycles. The van der Waals surface area contributed by atoms with E-state index in [-0.39, 0.29) is 0 Å². The lowest BCUT2D eigenvalue weighted by molar-refractivity contribution is 0.509. The highest BCUT2D eigenvalue weighted by Gasteiger charge is 2.31. The second-order valence-electron chi connectivity index (χ2n) is 6.11. The van der Waals surface area contributed by atoms with Gasteiger partial charge in [0.1, 0.15) is 17.3 Å². The molecule has 1 aromatic heterocycles. The summed E-state index contributed by atoms with van der Waals surface area (Å²) in [6, 6.07) is 3.79. The number of nitrogen functional groups attached to an aromatic ring is 1. The van der Waals surface area contributed by atoms with Crippen LogP contribution < -0.4 is 5.73 Å². The molecule has 5 heteroatoms. The number of nitrogens with zero attached hydrogens (tertiary/aromatic N) is 2. The average Bonchev–Trinajstić information content (AvgIpc) is 3.21. The van der Waals surface area contributed by atoms with Crippen LogP contribution in [0, 0.1) is 17.6 Å². The molecular formula is C16H19F2N3. The summed E-state index contributed by atoms with van der Waals surface area (Å²) in [5.41, 5.74) is 7.30. The summed E-state index contributed by atoms with van der Waals surface area (Å²) < 4.78 is 28.5. The van der Waals surface area contributed by atoms with Gasteiger partial charge in [0, 0.05) is 18.0 Å². The van der Waals surface area contributed by atoms with Gasteiger partial charge in [-0.25, -0.2) is 13.8 Å². The van der Waals surface area contributed by atoms with Gasteiger partial charge in [0.2, 0.25) is 0 Å². The van der Waals surface area contributed by atoms with Crippen LogP contribution in [0.1, 0.15) is 38.4 Å². The highest BCUT2D eigenvalue weighted by molar-refractivity contribution is 5.71. The highest BCUT2D eigenvalue weighted by atomic mass is 19.2. The van der Waals surface area contributed by atoms with Crippen LogP contribution in [0.4, 0.5) is 14.6 Å². The molecule has 3 rings (SSSR count). The van der Waals surface area contributed by atoms with Crippen molar-refractivity contribution in [2.45, 2.75) is 39.2 Å². The molecule has 0 radical (unpaired) electrons. The Hall–Kier alpha value is -1.91. The first-order valence-electron chi connectivity index (χ1n) is 7.28. The Kier molecular flexibility index (Phi) is 3.43. The highest BCUT2D eigenvalue weighted by Crippen LogP contribution is 2.42. The van der Waals surface area contributed by atoms with Crippen LogP contribution in [0.5, 0.6) is 0 Å². The summed E-state index contributed by atoms with van der Waals surface area (Å²) in [4.78, 5) is 4.61. The zero-order valence-electron chi connectivity index (χ0n) is 12.2. The summed E-state index contributed by atoms with van der Waals surface area (Å²) >= 11 is 0. The van der Waals surface area contributed by atoms with Gasteiger partial charge in [-0.3, -0.25) is 0 Å². The van der Waals surface area contributed by atoms with Gasteiger partial charge in [-0.15, -0.1) is 0 Å². The van der Waals surface area contributed by atoms with Gasteiger partial charge in [0.15, 0.2) is 11.6 Å². The lowest BCUT2D eigenvalue weighted by Gasteiger charge is -2.11. The molecule has 0 unspecified atom stereocenters. The first kappa shape index (κ1) is 14.0. The van der Waals surface area contributed by atoms with Crippen LogP contribution in [0.3, 0.4) is 0 Å². The number of nitrogens with two attached hydrogens (primary N) is 1. The zero-order valence-corrected chi connectivity index (χ0v) is 12.2. The molecule has 112 valence electrons.